The van der Waals surface area contributed by atoms with Crippen LogP contribution in [0.25, 0.3) is 0 Å². The first-order valence-corrected chi connectivity index (χ1v) is 11.7. The van der Waals surface area contributed by atoms with Crippen LogP contribution in [0, 0.1) is 29.0 Å². The van der Waals surface area contributed by atoms with Crippen LogP contribution >= 0.6 is 0 Å². The third-order valence-electron chi connectivity index (χ3n) is 7.96. The number of fused-ring (bicyclic) bond motifs is 5. The van der Waals surface area contributed by atoms with Crippen molar-refractivity contribution in [1.29, 1.82) is 0 Å². The van der Waals surface area contributed by atoms with Crippen LogP contribution in [0.3, 0.4) is 0 Å². The summed E-state index contributed by atoms with van der Waals surface area (Å²) in [5.74, 6) is 2.06. The number of benzene rings is 1. The van der Waals surface area contributed by atoms with Crippen molar-refractivity contribution in [3.8, 4) is 0 Å². The monoisotopic (exact) mass is 440 g/mol. The van der Waals surface area contributed by atoms with Crippen molar-refractivity contribution in [3.05, 3.63) is 47.5 Å². The number of allylic oxidation sites excluding steroid dienone is 1. The molecule has 0 aromatic heterocycles. The maximum Gasteiger partial charge on any atom is 0.225 e. The number of carbonyl (C=O) groups excluding carboxylic acids is 2. The van der Waals surface area contributed by atoms with E-state index >= 15 is 0 Å². The topological polar surface area (TPSA) is 67.8 Å². The van der Waals surface area contributed by atoms with Crippen LogP contribution in [0.2, 0.25) is 0 Å². The Balaban J connectivity index is 1.48. The molecule has 1 aromatic carbocycles. The Morgan fingerprint density at radius 3 is 2.88 bits per heavy atom. The highest BCUT2D eigenvalue weighted by Gasteiger charge is 2.58. The Morgan fingerprint density at radius 2 is 2.12 bits per heavy atom. The van der Waals surface area contributed by atoms with Crippen LogP contribution in [0.5, 0.6) is 0 Å². The molecule has 32 heavy (non-hydrogen) atoms. The molecule has 0 aliphatic heterocycles. The molecule has 1 N–H and O–H groups in total. The van der Waals surface area contributed by atoms with Gasteiger partial charge in [-0.15, -0.1) is 0 Å². The van der Waals surface area contributed by atoms with E-state index in [2.05, 4.69) is 30.0 Å². The van der Waals surface area contributed by atoms with Gasteiger partial charge in [0.25, 0.3) is 0 Å². The van der Waals surface area contributed by atoms with Gasteiger partial charge in [0, 0.05) is 18.3 Å². The van der Waals surface area contributed by atoms with Crippen LogP contribution in [0.1, 0.15) is 76.3 Å². The summed E-state index contributed by atoms with van der Waals surface area (Å²) in [6, 6.07) is 5.44. The predicted molar refractivity (Wildman–Crippen MR) is 121 cm³/mol. The Labute approximate surface area is 189 Å². The summed E-state index contributed by atoms with van der Waals surface area (Å²) in [7, 11) is 0. The van der Waals surface area contributed by atoms with Gasteiger partial charge in [-0.1, -0.05) is 30.8 Å². The molecule has 1 amide bonds. The number of nitrogens with zero attached hydrogens (tertiary/aromatic N) is 1. The normalized spacial score (nSPS) is 31.4. The first-order chi connectivity index (χ1) is 15.2. The van der Waals surface area contributed by atoms with Gasteiger partial charge in [0.05, 0.1) is 0 Å². The highest BCUT2D eigenvalue weighted by molar-refractivity contribution is 5.96. The minimum atomic E-state index is -0.320. The van der Waals surface area contributed by atoms with Crippen molar-refractivity contribution in [2.75, 3.05) is 0 Å². The number of amidine groups is 1. The van der Waals surface area contributed by atoms with Crippen LogP contribution in [0.4, 0.5) is 4.39 Å². The van der Waals surface area contributed by atoms with Crippen LogP contribution in [-0.2, 0) is 20.8 Å². The van der Waals surface area contributed by atoms with Gasteiger partial charge in [-0.05, 0) is 86.8 Å². The highest BCUT2D eigenvalue weighted by Crippen LogP contribution is 2.62. The van der Waals surface area contributed by atoms with E-state index in [9.17, 15) is 14.0 Å². The van der Waals surface area contributed by atoms with Gasteiger partial charge in [0.2, 0.25) is 5.91 Å². The second-order valence-corrected chi connectivity index (χ2v) is 10.0. The Bertz CT molecular complexity index is 972. The number of ketones is 1. The Kier molecular flexibility index (Phi) is 6.24. The molecule has 3 aliphatic rings. The SMILES string of the molecule is C=C(C)O/N=C(\C)NC(=O)CC[C@@H]1CC(=O)[C@@]2(C)CCC3c4cccc(F)c4CCC3C12. The molecule has 0 radical (unpaired) electrons. The van der Waals surface area contributed by atoms with Gasteiger partial charge in [-0.3, -0.25) is 9.59 Å². The third-order valence-corrected chi connectivity index (χ3v) is 7.96. The lowest BCUT2D eigenvalue weighted by molar-refractivity contribution is -0.129. The van der Waals surface area contributed by atoms with Gasteiger partial charge < -0.3 is 10.2 Å². The number of hydrogen-bond donors (Lipinski definition) is 1. The van der Waals surface area contributed by atoms with Crippen molar-refractivity contribution in [2.24, 2.45) is 28.3 Å². The zero-order valence-electron chi connectivity index (χ0n) is 19.2. The van der Waals surface area contributed by atoms with E-state index in [-0.39, 0.29) is 29.0 Å². The fourth-order valence-electron chi connectivity index (χ4n) is 6.65. The van der Waals surface area contributed by atoms with Gasteiger partial charge in [-0.2, -0.15) is 0 Å². The number of amides is 1. The summed E-state index contributed by atoms with van der Waals surface area (Å²) in [5.41, 5.74) is 1.69. The quantitative estimate of drug-likeness (QED) is 0.294. The summed E-state index contributed by atoms with van der Waals surface area (Å²) < 4.78 is 14.4. The number of nitrogens with one attached hydrogen (secondary N) is 1. The average molecular weight is 441 g/mol. The minimum Gasteiger partial charge on any atom is -0.361 e. The maximum absolute atomic E-state index is 14.4. The van der Waals surface area contributed by atoms with Crippen molar-refractivity contribution < 1.29 is 18.8 Å². The fraction of sp³-hybridized carbons (Fsp3) is 0.577. The second kappa shape index (κ2) is 8.80. The summed E-state index contributed by atoms with van der Waals surface area (Å²) in [6.45, 7) is 9.08. The molecular weight excluding hydrogens is 407 g/mol. The van der Waals surface area contributed by atoms with Crippen molar-refractivity contribution in [3.63, 3.8) is 0 Å². The smallest absolute Gasteiger partial charge is 0.225 e. The lowest BCUT2D eigenvalue weighted by Gasteiger charge is -2.50. The summed E-state index contributed by atoms with van der Waals surface area (Å²) >= 11 is 0. The molecule has 2 saturated carbocycles. The summed E-state index contributed by atoms with van der Waals surface area (Å²) in [4.78, 5) is 30.5. The third kappa shape index (κ3) is 4.12. The number of oxime groups is 1. The van der Waals surface area contributed by atoms with Gasteiger partial charge in [0.15, 0.2) is 0 Å². The average Bonchev–Trinajstić information content (AvgIpc) is 3.01. The largest absolute Gasteiger partial charge is 0.361 e. The van der Waals surface area contributed by atoms with E-state index in [1.807, 2.05) is 6.07 Å². The molecule has 0 bridgehead atoms. The summed E-state index contributed by atoms with van der Waals surface area (Å²) in [6.07, 6.45) is 4.98. The highest BCUT2D eigenvalue weighted by atomic mass is 19.1. The number of hydrogen-bond acceptors (Lipinski definition) is 4. The van der Waals surface area contributed by atoms with Gasteiger partial charge >= 0.3 is 0 Å². The molecule has 3 unspecified atom stereocenters. The van der Waals surface area contributed by atoms with E-state index in [4.69, 9.17) is 4.84 Å². The van der Waals surface area contributed by atoms with Crippen molar-refractivity contribution in [2.45, 2.75) is 71.6 Å². The van der Waals surface area contributed by atoms with Crippen molar-refractivity contribution in [1.82, 2.24) is 5.32 Å². The minimum absolute atomic E-state index is 0.0994. The fourth-order valence-corrected chi connectivity index (χ4v) is 6.65. The molecule has 5 nitrogen and oxygen atoms in total. The van der Waals surface area contributed by atoms with Gasteiger partial charge in [-0.25, -0.2) is 4.39 Å². The summed E-state index contributed by atoms with van der Waals surface area (Å²) in [5, 5.41) is 6.56. The predicted octanol–water partition coefficient (Wildman–Crippen LogP) is 5.26. The second-order valence-electron chi connectivity index (χ2n) is 10.0. The van der Waals surface area contributed by atoms with Crippen molar-refractivity contribution >= 4 is 17.5 Å². The molecule has 4 rings (SSSR count). The molecule has 0 spiro atoms. The van der Waals surface area contributed by atoms with Crippen LogP contribution in [0.15, 0.2) is 35.7 Å². The van der Waals surface area contributed by atoms with E-state index in [0.29, 0.717) is 48.5 Å². The van der Waals surface area contributed by atoms with Crippen LogP contribution < -0.4 is 5.32 Å². The molecule has 172 valence electrons. The molecule has 5 atom stereocenters. The molecule has 2 fully saturated rings. The lowest BCUT2D eigenvalue weighted by atomic mass is 9.54. The first kappa shape index (κ1) is 22.7. The zero-order valence-corrected chi connectivity index (χ0v) is 19.2. The van der Waals surface area contributed by atoms with E-state index in [1.165, 1.54) is 0 Å². The standard InChI is InChI=1S/C26H33FN2O3/c1-15(2)32-29-16(3)28-24(31)11-8-17-14-23(30)26(4)13-12-19-18-6-5-7-22(27)20(18)9-10-21(19)25(17)26/h5-7,17,19,21,25H,1,8-14H2,2-4H3,(H,28,29,31)/t17-,19?,21?,25?,26-/m1/s1. The lowest BCUT2D eigenvalue weighted by Crippen LogP contribution is -2.44. The molecule has 0 saturated heterocycles. The molecular formula is C26H33FN2O3. The number of Topliss-reactive ketones (excluding diaryl/α,β-unsaturated/α-hetero) is 1. The van der Waals surface area contributed by atoms with E-state index in [0.717, 1.165) is 36.8 Å². The van der Waals surface area contributed by atoms with Gasteiger partial charge in [0.1, 0.15) is 23.2 Å². The van der Waals surface area contributed by atoms with E-state index in [1.54, 1.807) is 19.9 Å². The zero-order chi connectivity index (χ0) is 23.0. The number of rotatable bonds is 5. The van der Waals surface area contributed by atoms with E-state index < -0.39 is 0 Å². The first-order valence-electron chi connectivity index (χ1n) is 11.7. The Hall–Kier alpha value is -2.50. The maximum atomic E-state index is 14.4. The number of carbonyl (C=O) groups is 2. The Morgan fingerprint density at radius 1 is 1.34 bits per heavy atom. The number of halogens is 1. The van der Waals surface area contributed by atoms with Crippen LogP contribution in [-0.4, -0.2) is 17.5 Å². The molecule has 0 heterocycles. The molecule has 6 heteroatoms. The molecule has 3 aliphatic carbocycles. The molecule has 1 aromatic rings.